The summed E-state index contributed by atoms with van der Waals surface area (Å²) in [5, 5.41) is 3.13. The maximum Gasteiger partial charge on any atom is 0.396 e. The third-order valence-electron chi connectivity index (χ3n) is 2.20. The van der Waals surface area contributed by atoms with Crippen LogP contribution in [0, 0.1) is 0 Å². The summed E-state index contributed by atoms with van der Waals surface area (Å²) >= 11 is 0. The van der Waals surface area contributed by atoms with Crippen LogP contribution in [0.4, 0.5) is 13.2 Å². The molecule has 0 radical (unpaired) electrons. The quantitative estimate of drug-likeness (QED) is 0.731. The molecule has 0 aliphatic carbocycles. The molecule has 0 saturated heterocycles. The molecular formula is C11H17F3N2O2. The molecule has 0 spiro atoms. The van der Waals surface area contributed by atoms with Gasteiger partial charge in [0.1, 0.15) is 12.2 Å². The van der Waals surface area contributed by atoms with Crippen LogP contribution in [0.15, 0.2) is 10.6 Å². The zero-order valence-corrected chi connectivity index (χ0v) is 10.2. The van der Waals surface area contributed by atoms with Gasteiger partial charge in [-0.3, -0.25) is 0 Å². The average molecular weight is 266 g/mol. The van der Waals surface area contributed by atoms with E-state index >= 15 is 0 Å². The molecule has 18 heavy (non-hydrogen) atoms. The van der Waals surface area contributed by atoms with E-state index in [2.05, 4.69) is 10.3 Å². The van der Waals surface area contributed by atoms with Gasteiger partial charge in [-0.05, 0) is 13.0 Å². The highest BCUT2D eigenvalue weighted by Crippen LogP contribution is 2.21. The molecule has 0 aromatic carbocycles. The fraction of sp³-hybridized carbons (Fsp3) is 0.727. The molecule has 0 saturated carbocycles. The number of halogens is 3. The zero-order valence-electron chi connectivity index (χ0n) is 10.2. The van der Waals surface area contributed by atoms with E-state index in [4.69, 9.17) is 9.15 Å². The lowest BCUT2D eigenvalue weighted by molar-refractivity contribution is -0.130. The van der Waals surface area contributed by atoms with E-state index in [1.165, 1.54) is 0 Å². The Morgan fingerprint density at radius 1 is 1.39 bits per heavy atom. The minimum atomic E-state index is -4.25. The molecule has 0 amide bonds. The van der Waals surface area contributed by atoms with Gasteiger partial charge in [0.15, 0.2) is 5.89 Å². The molecule has 0 aliphatic rings. The number of ether oxygens (including phenoxy) is 1. The predicted molar refractivity (Wildman–Crippen MR) is 59.3 cm³/mol. The fourth-order valence-electron chi connectivity index (χ4n) is 1.41. The van der Waals surface area contributed by atoms with Crippen LogP contribution >= 0.6 is 0 Å². The van der Waals surface area contributed by atoms with Crippen LogP contribution in [0.5, 0.6) is 0 Å². The van der Waals surface area contributed by atoms with Gasteiger partial charge in [0.05, 0.1) is 12.8 Å². The molecule has 1 heterocycles. The van der Waals surface area contributed by atoms with E-state index in [9.17, 15) is 13.2 Å². The number of rotatable bonds is 8. The van der Waals surface area contributed by atoms with Gasteiger partial charge in [-0.2, -0.15) is 13.2 Å². The van der Waals surface area contributed by atoms with Crippen LogP contribution in [0.2, 0.25) is 0 Å². The largest absolute Gasteiger partial charge is 0.445 e. The van der Waals surface area contributed by atoms with Crippen molar-refractivity contribution in [2.75, 3.05) is 26.8 Å². The summed E-state index contributed by atoms with van der Waals surface area (Å²) in [4.78, 5) is 3.82. The Morgan fingerprint density at radius 2 is 2.17 bits per heavy atom. The summed E-state index contributed by atoms with van der Waals surface area (Å²) in [5.74, 6) is 0.215. The molecule has 104 valence electrons. The Balaban J connectivity index is 2.19. The maximum atomic E-state index is 12.1. The fourth-order valence-corrected chi connectivity index (χ4v) is 1.41. The molecule has 0 atom stereocenters. The second kappa shape index (κ2) is 7.38. The molecule has 7 heteroatoms. The summed E-state index contributed by atoms with van der Waals surface area (Å²) < 4.78 is 46.1. The number of aryl methyl sites for hydroxylation is 1. The maximum absolute atomic E-state index is 12.1. The summed E-state index contributed by atoms with van der Waals surface area (Å²) in [5.41, 5.74) is 0. The predicted octanol–water partition coefficient (Wildman–Crippen LogP) is 1.95. The Hall–Kier alpha value is -1.08. The van der Waals surface area contributed by atoms with Crippen LogP contribution in [-0.4, -0.2) is 38.0 Å². The van der Waals surface area contributed by atoms with E-state index in [1.807, 2.05) is 0 Å². The molecule has 1 N–H and O–H groups in total. The minimum absolute atomic E-state index is 0.134. The van der Waals surface area contributed by atoms with Gasteiger partial charge < -0.3 is 14.5 Å². The summed E-state index contributed by atoms with van der Waals surface area (Å²) in [7, 11) is 1.62. The first-order chi connectivity index (χ1) is 8.51. The molecule has 0 unspecified atom stereocenters. The third kappa shape index (κ3) is 6.61. The highest BCUT2D eigenvalue weighted by molar-refractivity contribution is 4.96. The van der Waals surface area contributed by atoms with Crippen LogP contribution in [0.3, 0.4) is 0 Å². The molecule has 0 fully saturated rings. The molecule has 4 nitrogen and oxygen atoms in total. The number of oxazole rings is 1. The van der Waals surface area contributed by atoms with Gasteiger partial charge in [-0.15, -0.1) is 0 Å². The van der Waals surface area contributed by atoms with Crippen molar-refractivity contribution in [2.24, 2.45) is 0 Å². The van der Waals surface area contributed by atoms with Gasteiger partial charge in [-0.25, -0.2) is 4.98 Å². The van der Waals surface area contributed by atoms with Crippen LogP contribution < -0.4 is 5.32 Å². The van der Waals surface area contributed by atoms with Crippen molar-refractivity contribution in [1.29, 1.82) is 0 Å². The number of nitrogens with zero attached hydrogens (tertiary/aromatic N) is 1. The molecular weight excluding hydrogens is 249 g/mol. The van der Waals surface area contributed by atoms with E-state index in [1.54, 1.807) is 7.11 Å². The Kier molecular flexibility index (Phi) is 6.14. The first-order valence-electron chi connectivity index (χ1n) is 5.71. The standard InChI is InChI=1S/C11H17F3N2O2/c1-17-6-5-15-4-2-3-10-16-8-9(18-10)7-11(12,13)14/h8,15H,2-7H2,1H3. The lowest BCUT2D eigenvalue weighted by atomic mass is 10.3. The minimum Gasteiger partial charge on any atom is -0.445 e. The average Bonchev–Trinajstić information content (AvgIpc) is 2.68. The summed E-state index contributed by atoms with van der Waals surface area (Å²) in [6, 6.07) is 0. The van der Waals surface area contributed by atoms with Gasteiger partial charge in [0, 0.05) is 20.1 Å². The first-order valence-corrected chi connectivity index (χ1v) is 5.71. The van der Waals surface area contributed by atoms with E-state index < -0.39 is 12.6 Å². The molecule has 1 rings (SSSR count). The van der Waals surface area contributed by atoms with Gasteiger partial charge in [0.2, 0.25) is 0 Å². The van der Waals surface area contributed by atoms with Crippen molar-refractivity contribution < 1.29 is 22.3 Å². The Labute approximate surface area is 104 Å². The van der Waals surface area contributed by atoms with Crippen LogP contribution in [0.25, 0.3) is 0 Å². The van der Waals surface area contributed by atoms with Gasteiger partial charge in [0.25, 0.3) is 0 Å². The monoisotopic (exact) mass is 266 g/mol. The first kappa shape index (κ1) is 15.0. The molecule has 1 aromatic rings. The van der Waals surface area contributed by atoms with Gasteiger partial charge >= 0.3 is 6.18 Å². The number of nitrogens with one attached hydrogen (secondary N) is 1. The van der Waals surface area contributed by atoms with E-state index in [-0.39, 0.29) is 5.76 Å². The van der Waals surface area contributed by atoms with Crippen molar-refractivity contribution in [3.8, 4) is 0 Å². The Bertz CT molecular complexity index is 339. The van der Waals surface area contributed by atoms with Crippen molar-refractivity contribution in [3.63, 3.8) is 0 Å². The second-order valence-electron chi connectivity index (χ2n) is 3.86. The van der Waals surface area contributed by atoms with Crippen molar-refractivity contribution in [3.05, 3.63) is 17.8 Å². The highest BCUT2D eigenvalue weighted by atomic mass is 19.4. The van der Waals surface area contributed by atoms with Crippen LogP contribution in [-0.2, 0) is 17.6 Å². The number of hydrogen-bond donors (Lipinski definition) is 1. The zero-order chi connectivity index (χ0) is 13.4. The smallest absolute Gasteiger partial charge is 0.396 e. The third-order valence-corrected chi connectivity index (χ3v) is 2.20. The van der Waals surface area contributed by atoms with Crippen LogP contribution in [0.1, 0.15) is 18.1 Å². The normalized spacial score (nSPS) is 12.0. The highest BCUT2D eigenvalue weighted by Gasteiger charge is 2.29. The molecule has 0 bridgehead atoms. The summed E-state index contributed by atoms with van der Waals surface area (Å²) in [6.07, 6.45) is -2.89. The SMILES string of the molecule is COCCNCCCc1ncc(CC(F)(F)F)o1. The van der Waals surface area contributed by atoms with E-state index in [0.29, 0.717) is 18.9 Å². The molecule has 0 aliphatic heterocycles. The second-order valence-corrected chi connectivity index (χ2v) is 3.86. The number of aromatic nitrogens is 1. The topological polar surface area (TPSA) is 47.3 Å². The van der Waals surface area contributed by atoms with Crippen molar-refractivity contribution in [2.45, 2.75) is 25.4 Å². The van der Waals surface area contributed by atoms with Crippen molar-refractivity contribution >= 4 is 0 Å². The Morgan fingerprint density at radius 3 is 2.83 bits per heavy atom. The van der Waals surface area contributed by atoms with Gasteiger partial charge in [-0.1, -0.05) is 0 Å². The summed E-state index contributed by atoms with van der Waals surface area (Å²) in [6.45, 7) is 2.14. The number of methoxy groups -OCH3 is 1. The lowest BCUT2D eigenvalue weighted by Crippen LogP contribution is -2.20. The van der Waals surface area contributed by atoms with E-state index in [0.717, 1.165) is 25.7 Å². The number of hydrogen-bond acceptors (Lipinski definition) is 4. The molecule has 1 aromatic heterocycles. The number of alkyl halides is 3. The van der Waals surface area contributed by atoms with Crippen molar-refractivity contribution in [1.82, 2.24) is 10.3 Å². The lowest BCUT2D eigenvalue weighted by Gasteiger charge is -2.02.